The minimum atomic E-state index is -4.68. The van der Waals surface area contributed by atoms with Crippen LogP contribution in [-0.4, -0.2) is 35.3 Å². The highest BCUT2D eigenvalue weighted by atomic mass is 32.2. The summed E-state index contributed by atoms with van der Waals surface area (Å²) in [6.07, 6.45) is 0. The van der Waals surface area contributed by atoms with Crippen LogP contribution < -0.4 is 0 Å². The molecule has 0 aromatic heterocycles. The van der Waals surface area contributed by atoms with Crippen molar-refractivity contribution in [2.24, 2.45) is 0 Å². The Balaban J connectivity index is 3.50. The Labute approximate surface area is 94.7 Å². The first-order chi connectivity index (χ1) is 7.75. The first-order valence-electron chi connectivity index (χ1n) is 3.97. The van der Waals surface area contributed by atoms with Gasteiger partial charge in [0.05, 0.1) is 16.0 Å². The van der Waals surface area contributed by atoms with Gasteiger partial charge in [0.1, 0.15) is 0 Å². The van der Waals surface area contributed by atoms with Crippen LogP contribution in [0, 0.1) is 0 Å². The molecule has 0 saturated heterocycles. The van der Waals surface area contributed by atoms with Crippen molar-refractivity contribution in [3.05, 3.63) is 29.3 Å². The Morgan fingerprint density at radius 1 is 1.12 bits per heavy atom. The first-order valence-corrected chi connectivity index (χ1v) is 5.41. The fraction of sp³-hybridized carbons (Fsp3) is 0. The molecule has 0 aliphatic heterocycles. The molecule has 1 rings (SSSR count). The third kappa shape index (κ3) is 3.00. The molecule has 92 valence electrons. The van der Waals surface area contributed by atoms with Crippen LogP contribution in [0.4, 0.5) is 0 Å². The van der Waals surface area contributed by atoms with Gasteiger partial charge in [-0.1, -0.05) is 0 Å². The topological polar surface area (TPSA) is 138 Å². The first kappa shape index (κ1) is 13.1. The molecule has 9 heteroatoms. The number of hydrogen-bond acceptors (Lipinski definition) is 6. The van der Waals surface area contributed by atoms with Crippen molar-refractivity contribution >= 4 is 22.1 Å². The monoisotopic (exact) mass is 262 g/mol. The number of rotatable bonds is 3. The van der Waals surface area contributed by atoms with Crippen molar-refractivity contribution in [1.82, 2.24) is 0 Å². The molecule has 3 N–H and O–H groups in total. The molecular formula is C8H6O8S. The molecule has 0 atom stereocenters. The van der Waals surface area contributed by atoms with Crippen LogP contribution >= 0.6 is 0 Å². The summed E-state index contributed by atoms with van der Waals surface area (Å²) in [5.41, 5.74) is -1.08. The fourth-order valence-corrected chi connectivity index (χ4v) is 1.59. The maximum atomic E-state index is 10.9. The highest BCUT2D eigenvalue weighted by molar-refractivity contribution is 7.85. The van der Waals surface area contributed by atoms with Gasteiger partial charge >= 0.3 is 11.9 Å². The van der Waals surface area contributed by atoms with Gasteiger partial charge in [-0.3, -0.25) is 9.44 Å². The van der Waals surface area contributed by atoms with Gasteiger partial charge in [-0.25, -0.2) is 9.59 Å². The van der Waals surface area contributed by atoms with Gasteiger partial charge in [0.25, 0.3) is 10.1 Å². The lowest BCUT2D eigenvalue weighted by atomic mass is 10.1. The van der Waals surface area contributed by atoms with E-state index in [1.54, 1.807) is 0 Å². The molecule has 0 unspecified atom stereocenters. The summed E-state index contributed by atoms with van der Waals surface area (Å²) >= 11 is 0. The summed E-state index contributed by atoms with van der Waals surface area (Å²) in [6, 6.07) is 2.11. The Hall–Kier alpha value is -1.97. The van der Waals surface area contributed by atoms with Crippen molar-refractivity contribution in [3.8, 4) is 0 Å². The van der Waals surface area contributed by atoms with E-state index in [-0.39, 0.29) is 0 Å². The number of benzene rings is 1. The van der Waals surface area contributed by atoms with Gasteiger partial charge in [0, 0.05) is 0 Å². The maximum absolute atomic E-state index is 10.9. The normalized spacial score (nSPS) is 10.9. The van der Waals surface area contributed by atoms with E-state index in [0.717, 1.165) is 6.07 Å². The van der Waals surface area contributed by atoms with Crippen molar-refractivity contribution in [3.63, 3.8) is 0 Å². The molecule has 0 aliphatic carbocycles. The van der Waals surface area contributed by atoms with E-state index in [2.05, 4.69) is 4.89 Å². The van der Waals surface area contributed by atoms with E-state index in [1.807, 2.05) is 0 Å². The third-order valence-corrected chi connectivity index (χ3v) is 2.60. The van der Waals surface area contributed by atoms with Crippen LogP contribution in [0.3, 0.4) is 0 Å². The van der Waals surface area contributed by atoms with Gasteiger partial charge < -0.3 is 5.11 Å². The molecule has 17 heavy (non-hydrogen) atoms. The molecule has 0 aliphatic rings. The molecule has 1 aromatic rings. The molecule has 0 fully saturated rings. The summed E-state index contributed by atoms with van der Waals surface area (Å²) in [6.45, 7) is 0. The van der Waals surface area contributed by atoms with Crippen LogP contribution in [0.25, 0.3) is 0 Å². The lowest BCUT2D eigenvalue weighted by Gasteiger charge is -2.03. The summed E-state index contributed by atoms with van der Waals surface area (Å²) < 4.78 is 30.4. The lowest BCUT2D eigenvalue weighted by molar-refractivity contribution is -0.182. The fourth-order valence-electron chi connectivity index (χ4n) is 1.04. The summed E-state index contributed by atoms with van der Waals surface area (Å²) in [5, 5.41) is 16.8. The SMILES string of the molecule is O=C(O)c1cc(C(=O)OO)cc(S(=O)(=O)O)c1. The molecule has 0 amide bonds. The molecule has 8 nitrogen and oxygen atoms in total. The Kier molecular flexibility index (Phi) is 3.46. The average molecular weight is 262 g/mol. The van der Waals surface area contributed by atoms with Crippen LogP contribution in [0.1, 0.15) is 20.7 Å². The molecule has 0 spiro atoms. The number of carboxylic acid groups (broad SMARTS) is 1. The zero-order valence-electron chi connectivity index (χ0n) is 8.02. The standard InChI is InChI=1S/C8H6O8S/c9-7(10)4-1-5(8(11)16-12)3-6(2-4)17(13,14)15/h1-3,12H,(H,9,10)(H,13,14,15). The van der Waals surface area contributed by atoms with Crippen molar-refractivity contribution in [2.45, 2.75) is 4.90 Å². The van der Waals surface area contributed by atoms with E-state index < -0.39 is 38.1 Å². The zero-order valence-corrected chi connectivity index (χ0v) is 8.84. The summed E-state index contributed by atoms with van der Waals surface area (Å²) in [7, 11) is -4.68. The average Bonchev–Trinajstić information content (AvgIpc) is 2.26. The zero-order chi connectivity index (χ0) is 13.2. The number of aromatic carboxylic acids is 1. The molecule has 1 aromatic carbocycles. The maximum Gasteiger partial charge on any atom is 0.372 e. The van der Waals surface area contributed by atoms with Crippen molar-refractivity contribution < 1.29 is 37.8 Å². The van der Waals surface area contributed by atoms with Gasteiger partial charge in [-0.05, 0) is 18.2 Å². The third-order valence-electron chi connectivity index (χ3n) is 1.77. The van der Waals surface area contributed by atoms with E-state index in [1.165, 1.54) is 0 Å². The van der Waals surface area contributed by atoms with Gasteiger partial charge in [0.2, 0.25) is 0 Å². The Morgan fingerprint density at radius 2 is 1.65 bits per heavy atom. The largest absolute Gasteiger partial charge is 0.478 e. The predicted molar refractivity (Wildman–Crippen MR) is 51.3 cm³/mol. The van der Waals surface area contributed by atoms with Gasteiger partial charge in [-0.15, -0.1) is 0 Å². The molecule has 0 bridgehead atoms. The second-order valence-electron chi connectivity index (χ2n) is 2.91. The second-order valence-corrected chi connectivity index (χ2v) is 4.33. The van der Waals surface area contributed by atoms with Crippen molar-refractivity contribution in [1.29, 1.82) is 0 Å². The predicted octanol–water partition coefficient (Wildman–Crippen LogP) is 0.261. The van der Waals surface area contributed by atoms with Crippen molar-refractivity contribution in [2.75, 3.05) is 0 Å². The minimum Gasteiger partial charge on any atom is -0.478 e. The number of carboxylic acids is 1. The van der Waals surface area contributed by atoms with Crippen LogP contribution in [0.2, 0.25) is 0 Å². The molecule has 0 heterocycles. The molecule has 0 saturated carbocycles. The quantitative estimate of drug-likeness (QED) is 0.400. The van der Waals surface area contributed by atoms with Crippen LogP contribution in [-0.2, 0) is 15.0 Å². The molecular weight excluding hydrogens is 256 g/mol. The highest BCUT2D eigenvalue weighted by Crippen LogP contribution is 2.16. The molecule has 0 radical (unpaired) electrons. The Morgan fingerprint density at radius 3 is 2.06 bits per heavy atom. The minimum absolute atomic E-state index is 0.528. The van der Waals surface area contributed by atoms with Crippen LogP contribution in [0.15, 0.2) is 23.1 Å². The second kappa shape index (κ2) is 4.49. The highest BCUT2D eigenvalue weighted by Gasteiger charge is 2.18. The lowest BCUT2D eigenvalue weighted by Crippen LogP contribution is -2.08. The van der Waals surface area contributed by atoms with Gasteiger partial charge in [0.15, 0.2) is 0 Å². The Bertz CT molecular complexity index is 573. The number of hydrogen-bond donors (Lipinski definition) is 3. The van der Waals surface area contributed by atoms with E-state index in [0.29, 0.717) is 12.1 Å². The number of carbonyl (C=O) groups excluding carboxylic acids is 1. The van der Waals surface area contributed by atoms with E-state index >= 15 is 0 Å². The van der Waals surface area contributed by atoms with E-state index in [4.69, 9.17) is 14.9 Å². The van der Waals surface area contributed by atoms with Crippen LogP contribution in [0.5, 0.6) is 0 Å². The smallest absolute Gasteiger partial charge is 0.372 e. The van der Waals surface area contributed by atoms with Gasteiger partial charge in [-0.2, -0.15) is 13.7 Å². The number of carbonyl (C=O) groups is 2. The summed E-state index contributed by atoms with van der Waals surface area (Å²) in [5.74, 6) is -2.86. The summed E-state index contributed by atoms with van der Waals surface area (Å²) in [4.78, 5) is 24.1. The van der Waals surface area contributed by atoms with E-state index in [9.17, 15) is 18.0 Å².